The van der Waals surface area contributed by atoms with E-state index in [0.29, 0.717) is 5.82 Å². The highest BCUT2D eigenvalue weighted by Gasteiger charge is 2.12. The quantitative estimate of drug-likeness (QED) is 0.401. The van der Waals surface area contributed by atoms with Gasteiger partial charge in [-0.05, 0) is 25.7 Å². The number of nitrogens with one attached hydrogen (secondary N) is 2. The fraction of sp³-hybridized carbons (Fsp3) is 0.714. The standard InChI is InChI=1S/C14H27N5/c1-9(2)7-6-8-16-13-11(5)14(19-15)18-12(17-13)10(3)4/h9-10H,6-8,15H2,1-5H3,(H2,16,17,18,19). The van der Waals surface area contributed by atoms with E-state index >= 15 is 0 Å². The third-order valence-electron chi connectivity index (χ3n) is 3.07. The van der Waals surface area contributed by atoms with E-state index in [1.807, 2.05) is 6.92 Å². The van der Waals surface area contributed by atoms with Gasteiger partial charge >= 0.3 is 0 Å². The van der Waals surface area contributed by atoms with Crippen molar-refractivity contribution in [1.29, 1.82) is 0 Å². The average molecular weight is 265 g/mol. The minimum atomic E-state index is 0.281. The van der Waals surface area contributed by atoms with Crippen molar-refractivity contribution in [2.45, 2.75) is 53.4 Å². The summed E-state index contributed by atoms with van der Waals surface area (Å²) >= 11 is 0. The van der Waals surface area contributed by atoms with E-state index in [-0.39, 0.29) is 5.92 Å². The Bertz CT molecular complexity index is 401. The predicted molar refractivity (Wildman–Crippen MR) is 81.2 cm³/mol. The normalized spacial score (nSPS) is 11.2. The molecule has 108 valence electrons. The van der Waals surface area contributed by atoms with Crippen LogP contribution in [0.15, 0.2) is 0 Å². The summed E-state index contributed by atoms with van der Waals surface area (Å²) < 4.78 is 0. The molecule has 0 radical (unpaired) electrons. The molecule has 0 bridgehead atoms. The third kappa shape index (κ3) is 4.67. The zero-order valence-electron chi connectivity index (χ0n) is 12.7. The molecule has 1 aromatic heterocycles. The van der Waals surface area contributed by atoms with Gasteiger partial charge in [0.25, 0.3) is 0 Å². The molecule has 1 heterocycles. The van der Waals surface area contributed by atoms with Gasteiger partial charge in [-0.15, -0.1) is 0 Å². The van der Waals surface area contributed by atoms with E-state index in [1.54, 1.807) is 0 Å². The van der Waals surface area contributed by atoms with Crippen LogP contribution in [0.25, 0.3) is 0 Å². The van der Waals surface area contributed by atoms with Crippen molar-refractivity contribution < 1.29 is 0 Å². The van der Waals surface area contributed by atoms with E-state index in [4.69, 9.17) is 5.84 Å². The van der Waals surface area contributed by atoms with Crippen molar-refractivity contribution in [3.63, 3.8) is 0 Å². The van der Waals surface area contributed by atoms with Crippen molar-refractivity contribution in [3.05, 3.63) is 11.4 Å². The van der Waals surface area contributed by atoms with Gasteiger partial charge in [-0.2, -0.15) is 0 Å². The van der Waals surface area contributed by atoms with Crippen molar-refractivity contribution in [1.82, 2.24) is 9.97 Å². The molecule has 5 heteroatoms. The fourth-order valence-electron chi connectivity index (χ4n) is 1.82. The Morgan fingerprint density at radius 3 is 2.26 bits per heavy atom. The van der Waals surface area contributed by atoms with Crippen LogP contribution >= 0.6 is 0 Å². The van der Waals surface area contributed by atoms with Crippen molar-refractivity contribution in [3.8, 4) is 0 Å². The lowest BCUT2D eigenvalue weighted by Crippen LogP contribution is -2.16. The zero-order chi connectivity index (χ0) is 14.4. The van der Waals surface area contributed by atoms with Crippen LogP contribution in [0.4, 0.5) is 11.6 Å². The number of aromatic nitrogens is 2. The average Bonchev–Trinajstić information content (AvgIpc) is 2.35. The van der Waals surface area contributed by atoms with E-state index in [9.17, 15) is 0 Å². The van der Waals surface area contributed by atoms with Gasteiger partial charge in [-0.25, -0.2) is 15.8 Å². The van der Waals surface area contributed by atoms with Gasteiger partial charge in [0.1, 0.15) is 17.5 Å². The summed E-state index contributed by atoms with van der Waals surface area (Å²) in [6.45, 7) is 11.5. The molecule has 0 aliphatic rings. The molecular weight excluding hydrogens is 238 g/mol. The first kappa shape index (κ1) is 15.7. The lowest BCUT2D eigenvalue weighted by atomic mass is 10.1. The summed E-state index contributed by atoms with van der Waals surface area (Å²) in [7, 11) is 0. The summed E-state index contributed by atoms with van der Waals surface area (Å²) in [6, 6.07) is 0. The molecule has 4 N–H and O–H groups in total. The molecule has 0 fully saturated rings. The van der Waals surface area contributed by atoms with E-state index in [0.717, 1.165) is 36.1 Å². The summed E-state index contributed by atoms with van der Waals surface area (Å²) in [5, 5.41) is 3.39. The second kappa shape index (κ2) is 7.28. The monoisotopic (exact) mass is 265 g/mol. The van der Waals surface area contributed by atoms with Crippen LogP contribution < -0.4 is 16.6 Å². The van der Waals surface area contributed by atoms with E-state index < -0.39 is 0 Å². The van der Waals surface area contributed by atoms with Crippen LogP contribution in [-0.4, -0.2) is 16.5 Å². The Kier molecular flexibility index (Phi) is 6.02. The Labute approximate surface area is 116 Å². The fourth-order valence-corrected chi connectivity index (χ4v) is 1.82. The molecule has 0 unspecified atom stereocenters. The van der Waals surface area contributed by atoms with Crippen molar-refractivity contribution in [2.24, 2.45) is 11.8 Å². The number of rotatable bonds is 7. The number of hydrazine groups is 1. The Morgan fingerprint density at radius 1 is 1.11 bits per heavy atom. The van der Waals surface area contributed by atoms with Gasteiger partial charge in [0.05, 0.1) is 0 Å². The molecule has 0 atom stereocenters. The lowest BCUT2D eigenvalue weighted by molar-refractivity contribution is 0.566. The highest BCUT2D eigenvalue weighted by atomic mass is 15.3. The molecule has 1 aromatic rings. The van der Waals surface area contributed by atoms with Gasteiger partial charge in [-0.1, -0.05) is 27.7 Å². The second-order valence-corrected chi connectivity index (χ2v) is 5.67. The molecule has 0 aromatic carbocycles. The number of nitrogens with zero attached hydrogens (tertiary/aromatic N) is 2. The SMILES string of the molecule is Cc1c(NN)nc(C(C)C)nc1NCCCC(C)C. The largest absolute Gasteiger partial charge is 0.370 e. The number of anilines is 2. The number of nitrogens with two attached hydrogens (primary N) is 1. The Hall–Kier alpha value is -1.36. The number of hydrogen-bond donors (Lipinski definition) is 3. The van der Waals surface area contributed by atoms with Crippen molar-refractivity contribution >= 4 is 11.6 Å². The van der Waals surface area contributed by atoms with Gasteiger partial charge in [-0.3, -0.25) is 0 Å². The highest BCUT2D eigenvalue weighted by molar-refractivity contribution is 5.56. The molecule has 5 nitrogen and oxygen atoms in total. The molecule has 0 spiro atoms. The molecular formula is C14H27N5. The third-order valence-corrected chi connectivity index (χ3v) is 3.07. The van der Waals surface area contributed by atoms with Crippen LogP contribution in [-0.2, 0) is 0 Å². The topological polar surface area (TPSA) is 75.9 Å². The zero-order valence-corrected chi connectivity index (χ0v) is 12.7. The van der Waals surface area contributed by atoms with E-state index in [1.165, 1.54) is 6.42 Å². The van der Waals surface area contributed by atoms with Gasteiger partial charge in [0.2, 0.25) is 0 Å². The molecule has 19 heavy (non-hydrogen) atoms. The van der Waals surface area contributed by atoms with Crippen LogP contribution in [0, 0.1) is 12.8 Å². The summed E-state index contributed by atoms with van der Waals surface area (Å²) in [4.78, 5) is 9.00. The van der Waals surface area contributed by atoms with Gasteiger partial charge in [0.15, 0.2) is 0 Å². The first-order chi connectivity index (χ1) is 8.95. The summed E-state index contributed by atoms with van der Waals surface area (Å²) in [5.41, 5.74) is 3.62. The minimum absolute atomic E-state index is 0.281. The summed E-state index contributed by atoms with van der Waals surface area (Å²) in [6.07, 6.45) is 2.36. The van der Waals surface area contributed by atoms with Crippen LogP contribution in [0.1, 0.15) is 57.8 Å². The molecule has 0 saturated heterocycles. The Morgan fingerprint density at radius 2 is 1.74 bits per heavy atom. The minimum Gasteiger partial charge on any atom is -0.370 e. The van der Waals surface area contributed by atoms with E-state index in [2.05, 4.69) is 48.4 Å². The maximum Gasteiger partial charge on any atom is 0.148 e. The highest BCUT2D eigenvalue weighted by Crippen LogP contribution is 2.22. The lowest BCUT2D eigenvalue weighted by Gasteiger charge is -2.15. The first-order valence-electron chi connectivity index (χ1n) is 7.04. The maximum atomic E-state index is 5.52. The Balaban J connectivity index is 2.78. The number of nitrogen functional groups attached to an aromatic ring is 1. The van der Waals surface area contributed by atoms with Gasteiger partial charge < -0.3 is 10.7 Å². The van der Waals surface area contributed by atoms with Gasteiger partial charge in [0, 0.05) is 18.0 Å². The first-order valence-corrected chi connectivity index (χ1v) is 7.04. The van der Waals surface area contributed by atoms with Crippen LogP contribution in [0.2, 0.25) is 0 Å². The molecule has 1 rings (SSSR count). The summed E-state index contributed by atoms with van der Waals surface area (Å²) in [5.74, 6) is 8.93. The van der Waals surface area contributed by atoms with Crippen LogP contribution in [0.5, 0.6) is 0 Å². The van der Waals surface area contributed by atoms with Crippen LogP contribution in [0.3, 0.4) is 0 Å². The molecule has 0 aliphatic carbocycles. The number of hydrogen-bond acceptors (Lipinski definition) is 5. The maximum absolute atomic E-state index is 5.52. The predicted octanol–water partition coefficient (Wildman–Crippen LogP) is 3.04. The molecule has 0 aliphatic heterocycles. The molecule has 0 amide bonds. The van der Waals surface area contributed by atoms with Crippen molar-refractivity contribution in [2.75, 3.05) is 17.3 Å². The molecule has 0 saturated carbocycles. The smallest absolute Gasteiger partial charge is 0.148 e. The second-order valence-electron chi connectivity index (χ2n) is 5.67.